The van der Waals surface area contributed by atoms with Gasteiger partial charge in [-0.05, 0) is 37.2 Å². The van der Waals surface area contributed by atoms with Gasteiger partial charge in [0, 0.05) is 25.7 Å². The smallest absolute Gasteiger partial charge is 0.227 e. The van der Waals surface area contributed by atoms with Crippen LogP contribution in [-0.2, 0) is 29.3 Å². The van der Waals surface area contributed by atoms with Crippen LogP contribution in [0.5, 0.6) is 0 Å². The van der Waals surface area contributed by atoms with Crippen LogP contribution in [0.3, 0.4) is 0 Å². The van der Waals surface area contributed by atoms with Gasteiger partial charge >= 0.3 is 0 Å². The van der Waals surface area contributed by atoms with Crippen molar-refractivity contribution in [3.8, 4) is 0 Å². The average Bonchev–Trinajstić information content (AvgIpc) is 3.21. The number of aryl methyl sites for hydroxylation is 1. The van der Waals surface area contributed by atoms with Gasteiger partial charge < -0.3 is 4.57 Å². The molecule has 4 rings (SSSR count). The Morgan fingerprint density at radius 2 is 2.00 bits per heavy atom. The molecule has 0 N–H and O–H groups in total. The molecule has 146 valence electrons. The molecule has 2 aliphatic rings. The first-order chi connectivity index (χ1) is 13.1. The molecule has 2 bridgehead atoms. The molecule has 0 amide bonds. The second-order valence-electron chi connectivity index (χ2n) is 7.94. The summed E-state index contributed by atoms with van der Waals surface area (Å²) in [6.07, 6.45) is 7.84. The first-order valence-electron chi connectivity index (χ1n) is 10.1. The summed E-state index contributed by atoms with van der Waals surface area (Å²) in [6, 6.07) is 10.9. The molecule has 6 heteroatoms. The van der Waals surface area contributed by atoms with Crippen LogP contribution in [0.1, 0.15) is 43.9 Å². The number of rotatable bonds is 7. The van der Waals surface area contributed by atoms with E-state index in [-0.39, 0.29) is 10.9 Å². The van der Waals surface area contributed by atoms with Crippen molar-refractivity contribution in [1.29, 1.82) is 0 Å². The molecule has 1 aliphatic heterocycles. The zero-order chi connectivity index (χ0) is 18.9. The highest BCUT2D eigenvalue weighted by atomic mass is 32.2. The molecule has 27 heavy (non-hydrogen) atoms. The fourth-order valence-electron chi connectivity index (χ4n) is 4.66. The SMILES string of the molecule is CCS(=O)(=O)c1ncc(CN2C[C@H]3CCC[C@@H]2C3)n1CCc1ccccc1. The van der Waals surface area contributed by atoms with Gasteiger partial charge in [0.2, 0.25) is 15.0 Å². The van der Waals surface area contributed by atoms with Gasteiger partial charge in [0.25, 0.3) is 0 Å². The largest absolute Gasteiger partial charge is 0.317 e. The van der Waals surface area contributed by atoms with E-state index in [9.17, 15) is 8.42 Å². The van der Waals surface area contributed by atoms with Gasteiger partial charge in [-0.1, -0.05) is 43.7 Å². The maximum atomic E-state index is 12.6. The van der Waals surface area contributed by atoms with E-state index >= 15 is 0 Å². The van der Waals surface area contributed by atoms with Crippen molar-refractivity contribution >= 4 is 9.84 Å². The number of fused-ring (bicyclic) bond motifs is 2. The number of likely N-dealkylation sites (tertiary alicyclic amines) is 1. The van der Waals surface area contributed by atoms with Crippen LogP contribution in [0.4, 0.5) is 0 Å². The monoisotopic (exact) mass is 387 g/mol. The van der Waals surface area contributed by atoms with E-state index in [4.69, 9.17) is 0 Å². The third-order valence-corrected chi connectivity index (χ3v) is 7.80. The first-order valence-corrected chi connectivity index (χ1v) is 11.8. The summed E-state index contributed by atoms with van der Waals surface area (Å²) in [6.45, 7) is 4.29. The summed E-state index contributed by atoms with van der Waals surface area (Å²) in [4.78, 5) is 6.90. The first kappa shape index (κ1) is 18.7. The number of benzene rings is 1. The third-order valence-electron chi connectivity index (χ3n) is 6.16. The van der Waals surface area contributed by atoms with Gasteiger partial charge in [-0.2, -0.15) is 0 Å². The molecule has 5 nitrogen and oxygen atoms in total. The Hall–Kier alpha value is -1.66. The molecule has 2 fully saturated rings. The molecule has 1 saturated carbocycles. The Bertz CT molecular complexity index is 876. The van der Waals surface area contributed by atoms with Gasteiger partial charge in [-0.25, -0.2) is 13.4 Å². The normalized spacial score (nSPS) is 23.0. The minimum absolute atomic E-state index is 0.0865. The molecule has 0 unspecified atom stereocenters. The lowest BCUT2D eigenvalue weighted by Gasteiger charge is -2.25. The van der Waals surface area contributed by atoms with Gasteiger partial charge in [-0.3, -0.25) is 4.90 Å². The second-order valence-corrected chi connectivity index (χ2v) is 10.1. The molecule has 2 heterocycles. The predicted molar refractivity (Wildman–Crippen MR) is 106 cm³/mol. The Morgan fingerprint density at radius 1 is 1.19 bits per heavy atom. The molecule has 2 atom stereocenters. The van der Waals surface area contributed by atoms with Crippen molar-refractivity contribution in [3.05, 3.63) is 47.8 Å². The molecule has 1 aliphatic carbocycles. The predicted octanol–water partition coefficient (Wildman–Crippen LogP) is 3.29. The number of imidazole rings is 1. The van der Waals surface area contributed by atoms with Crippen molar-refractivity contribution in [2.24, 2.45) is 5.92 Å². The van der Waals surface area contributed by atoms with Gasteiger partial charge in [0.05, 0.1) is 17.6 Å². The topological polar surface area (TPSA) is 55.2 Å². The molecule has 0 radical (unpaired) electrons. The fraction of sp³-hybridized carbons (Fsp3) is 0.571. The van der Waals surface area contributed by atoms with Crippen LogP contribution in [0.25, 0.3) is 0 Å². The molecule has 1 aromatic heterocycles. The van der Waals surface area contributed by atoms with E-state index in [0.717, 1.165) is 31.1 Å². The number of hydrogen-bond donors (Lipinski definition) is 0. The van der Waals surface area contributed by atoms with Gasteiger partial charge in [0.15, 0.2) is 0 Å². The zero-order valence-corrected chi connectivity index (χ0v) is 16.9. The summed E-state index contributed by atoms with van der Waals surface area (Å²) >= 11 is 0. The number of hydrogen-bond acceptors (Lipinski definition) is 4. The zero-order valence-electron chi connectivity index (χ0n) is 16.0. The summed E-state index contributed by atoms with van der Waals surface area (Å²) in [7, 11) is -3.33. The van der Waals surface area contributed by atoms with E-state index in [0.29, 0.717) is 12.6 Å². The molecule has 0 spiro atoms. The minimum Gasteiger partial charge on any atom is -0.317 e. The maximum Gasteiger partial charge on any atom is 0.227 e. The summed E-state index contributed by atoms with van der Waals surface area (Å²) in [5.41, 5.74) is 2.25. The van der Waals surface area contributed by atoms with E-state index in [1.807, 2.05) is 22.8 Å². The average molecular weight is 388 g/mol. The number of nitrogens with zero attached hydrogens (tertiary/aromatic N) is 3. The van der Waals surface area contributed by atoms with Crippen molar-refractivity contribution in [3.63, 3.8) is 0 Å². The van der Waals surface area contributed by atoms with Crippen molar-refractivity contribution in [2.45, 2.75) is 63.3 Å². The lowest BCUT2D eigenvalue weighted by Crippen LogP contribution is -2.29. The molecule has 1 aromatic carbocycles. The Balaban J connectivity index is 1.58. The highest BCUT2D eigenvalue weighted by Gasteiger charge is 2.35. The molecular weight excluding hydrogens is 358 g/mol. The van der Waals surface area contributed by atoms with E-state index in [1.54, 1.807) is 13.1 Å². The minimum atomic E-state index is -3.33. The van der Waals surface area contributed by atoms with Gasteiger partial charge in [0.1, 0.15) is 0 Å². The van der Waals surface area contributed by atoms with Gasteiger partial charge in [-0.15, -0.1) is 0 Å². The summed E-state index contributed by atoms with van der Waals surface area (Å²) in [5, 5.41) is 0.234. The highest BCUT2D eigenvalue weighted by Crippen LogP contribution is 2.36. The van der Waals surface area contributed by atoms with E-state index in [1.165, 1.54) is 31.2 Å². The Morgan fingerprint density at radius 3 is 2.74 bits per heavy atom. The molecule has 2 aromatic rings. The van der Waals surface area contributed by atoms with E-state index < -0.39 is 9.84 Å². The lowest BCUT2D eigenvalue weighted by molar-refractivity contribution is 0.230. The summed E-state index contributed by atoms with van der Waals surface area (Å²) in [5.74, 6) is 0.909. The van der Waals surface area contributed by atoms with Crippen LogP contribution in [0.15, 0.2) is 41.7 Å². The highest BCUT2D eigenvalue weighted by molar-refractivity contribution is 7.91. The van der Waals surface area contributed by atoms with Crippen LogP contribution >= 0.6 is 0 Å². The van der Waals surface area contributed by atoms with Crippen molar-refractivity contribution in [1.82, 2.24) is 14.5 Å². The summed E-state index contributed by atoms with van der Waals surface area (Å²) < 4.78 is 27.1. The maximum absolute atomic E-state index is 12.6. The number of sulfone groups is 1. The van der Waals surface area contributed by atoms with Crippen LogP contribution in [0, 0.1) is 5.92 Å². The number of aromatic nitrogens is 2. The molecular formula is C21H29N3O2S. The quantitative estimate of drug-likeness (QED) is 0.731. The second kappa shape index (κ2) is 7.76. The lowest BCUT2D eigenvalue weighted by atomic mass is 9.90. The van der Waals surface area contributed by atoms with Crippen LogP contribution in [0.2, 0.25) is 0 Å². The molecule has 1 saturated heterocycles. The fourth-order valence-corrected chi connectivity index (χ4v) is 5.68. The van der Waals surface area contributed by atoms with Crippen molar-refractivity contribution in [2.75, 3.05) is 12.3 Å². The van der Waals surface area contributed by atoms with Crippen molar-refractivity contribution < 1.29 is 8.42 Å². The third kappa shape index (κ3) is 3.97. The Kier molecular flexibility index (Phi) is 5.37. The van der Waals surface area contributed by atoms with E-state index in [2.05, 4.69) is 22.0 Å². The van der Waals surface area contributed by atoms with Crippen LogP contribution in [-0.4, -0.2) is 41.2 Å². The standard InChI is InChI=1S/C21H29N3O2S/c1-2-27(25,26)21-22-14-20(16-23-15-18-9-6-10-19(23)13-18)24(21)12-11-17-7-4-3-5-8-17/h3-5,7-8,14,18-19H,2,6,9-13,15-16H2,1H3/t18-,19+/m0/s1. The Labute approximate surface area is 162 Å². The van der Waals surface area contributed by atoms with Crippen LogP contribution < -0.4 is 0 Å².